The van der Waals surface area contributed by atoms with Crippen molar-refractivity contribution in [3.05, 3.63) is 52.1 Å². The quantitative estimate of drug-likeness (QED) is 0.489. The van der Waals surface area contributed by atoms with Gasteiger partial charge in [0.05, 0.1) is 19.3 Å². The number of carboxylic acids is 1. The molecule has 164 valence electrons. The van der Waals surface area contributed by atoms with Crippen LogP contribution in [0, 0.1) is 0 Å². The molecule has 0 spiro atoms. The van der Waals surface area contributed by atoms with Gasteiger partial charge in [-0.2, -0.15) is 4.98 Å². The van der Waals surface area contributed by atoms with Crippen molar-refractivity contribution in [1.82, 2.24) is 24.4 Å². The molecular formula is C21H25N5O5. The summed E-state index contributed by atoms with van der Waals surface area (Å²) in [4.78, 5) is 37.0. The lowest BCUT2D eigenvalue weighted by atomic mass is 10.1. The third-order valence-electron chi connectivity index (χ3n) is 5.41. The number of hydrogen-bond donors (Lipinski definition) is 2. The van der Waals surface area contributed by atoms with Crippen molar-refractivity contribution in [2.75, 3.05) is 26.9 Å². The van der Waals surface area contributed by atoms with Crippen molar-refractivity contribution in [3.63, 3.8) is 0 Å². The van der Waals surface area contributed by atoms with Gasteiger partial charge in [0.1, 0.15) is 18.2 Å². The zero-order valence-corrected chi connectivity index (χ0v) is 17.3. The molecule has 1 saturated heterocycles. The molecule has 1 atom stereocenters. The van der Waals surface area contributed by atoms with Crippen LogP contribution >= 0.6 is 0 Å². The Hall–Kier alpha value is -3.24. The number of carbonyl (C=O) groups is 1. The first-order valence-corrected chi connectivity index (χ1v) is 10.2. The third kappa shape index (κ3) is 4.75. The van der Waals surface area contributed by atoms with Gasteiger partial charge in [-0.05, 0) is 30.5 Å². The van der Waals surface area contributed by atoms with Gasteiger partial charge < -0.3 is 19.6 Å². The number of hydrogen-bond acceptors (Lipinski definition) is 7. The highest BCUT2D eigenvalue weighted by atomic mass is 16.5. The Morgan fingerprint density at radius 2 is 1.97 bits per heavy atom. The van der Waals surface area contributed by atoms with Crippen LogP contribution in [0.25, 0.3) is 11.2 Å². The van der Waals surface area contributed by atoms with Crippen molar-refractivity contribution in [1.29, 1.82) is 0 Å². The number of rotatable bonds is 9. The molecule has 0 aliphatic carbocycles. The lowest BCUT2D eigenvalue weighted by Gasteiger charge is -2.21. The average molecular weight is 427 g/mol. The summed E-state index contributed by atoms with van der Waals surface area (Å²) >= 11 is 0. The van der Waals surface area contributed by atoms with Crippen LogP contribution in [-0.4, -0.2) is 68.4 Å². The van der Waals surface area contributed by atoms with E-state index in [2.05, 4.69) is 15.0 Å². The fourth-order valence-corrected chi connectivity index (χ4v) is 3.82. The number of nitrogens with one attached hydrogen (secondary N) is 1. The summed E-state index contributed by atoms with van der Waals surface area (Å²) in [7, 11) is 1.58. The molecule has 1 fully saturated rings. The number of ether oxygens (including phenoxy) is 2. The van der Waals surface area contributed by atoms with Crippen LogP contribution in [-0.2, 0) is 22.6 Å². The molecule has 0 bridgehead atoms. The van der Waals surface area contributed by atoms with Crippen LogP contribution in [0.5, 0.6) is 6.01 Å². The molecule has 10 heteroatoms. The van der Waals surface area contributed by atoms with Gasteiger partial charge in [0.15, 0.2) is 5.65 Å². The van der Waals surface area contributed by atoms with Gasteiger partial charge in [0, 0.05) is 13.7 Å². The molecule has 2 N–H and O–H groups in total. The molecular weight excluding hydrogens is 402 g/mol. The first-order valence-electron chi connectivity index (χ1n) is 10.2. The van der Waals surface area contributed by atoms with Gasteiger partial charge in [-0.25, -0.2) is 9.78 Å². The van der Waals surface area contributed by atoms with Gasteiger partial charge in [0.25, 0.3) is 0 Å². The SMILES string of the molecule is COCCOc1ncc2[nH]c(=O)n(Cc3ccc(CN4CCCC4C(=O)O)cc3)c2n1. The first-order chi connectivity index (χ1) is 15.0. The Morgan fingerprint density at radius 1 is 1.23 bits per heavy atom. The molecule has 3 heterocycles. The van der Waals surface area contributed by atoms with E-state index < -0.39 is 12.0 Å². The molecule has 0 saturated carbocycles. The molecule has 0 amide bonds. The van der Waals surface area contributed by atoms with E-state index in [1.54, 1.807) is 7.11 Å². The number of methoxy groups -OCH3 is 1. The summed E-state index contributed by atoms with van der Waals surface area (Å²) in [5.74, 6) is -0.764. The van der Waals surface area contributed by atoms with Crippen LogP contribution < -0.4 is 10.4 Å². The van der Waals surface area contributed by atoms with Crippen LogP contribution in [0.3, 0.4) is 0 Å². The van der Waals surface area contributed by atoms with E-state index >= 15 is 0 Å². The maximum absolute atomic E-state index is 12.4. The van der Waals surface area contributed by atoms with Gasteiger partial charge in [-0.3, -0.25) is 14.3 Å². The van der Waals surface area contributed by atoms with Crippen LogP contribution in [0.2, 0.25) is 0 Å². The molecule has 1 aliphatic heterocycles. The summed E-state index contributed by atoms with van der Waals surface area (Å²) < 4.78 is 11.9. The van der Waals surface area contributed by atoms with E-state index in [0.29, 0.717) is 43.9 Å². The van der Waals surface area contributed by atoms with Crippen molar-refractivity contribution >= 4 is 17.1 Å². The Balaban J connectivity index is 1.48. The predicted octanol–water partition coefficient (Wildman–Crippen LogP) is 1.24. The summed E-state index contributed by atoms with van der Waals surface area (Å²) in [6.07, 6.45) is 3.12. The Morgan fingerprint density at radius 3 is 2.68 bits per heavy atom. The largest absolute Gasteiger partial charge is 0.480 e. The number of likely N-dealkylation sites (tertiary alicyclic amines) is 1. The number of aliphatic carboxylic acids is 1. The molecule has 10 nitrogen and oxygen atoms in total. The molecule has 31 heavy (non-hydrogen) atoms. The minimum atomic E-state index is -0.764. The number of benzene rings is 1. The minimum absolute atomic E-state index is 0.186. The predicted molar refractivity (Wildman–Crippen MR) is 112 cm³/mol. The zero-order valence-electron chi connectivity index (χ0n) is 17.3. The lowest BCUT2D eigenvalue weighted by Crippen LogP contribution is -2.35. The van der Waals surface area contributed by atoms with Gasteiger partial charge in [0.2, 0.25) is 0 Å². The topological polar surface area (TPSA) is 123 Å². The summed E-state index contributed by atoms with van der Waals surface area (Å²) in [6, 6.07) is 7.62. The van der Waals surface area contributed by atoms with Gasteiger partial charge in [-0.15, -0.1) is 0 Å². The standard InChI is InChI=1S/C21H25N5O5/c1-30-9-10-31-20-22-11-16-18(24-20)26(21(29)23-16)13-15-6-4-14(5-7-15)12-25-8-2-3-17(25)19(27)28/h4-7,11,17H,2-3,8-10,12-13H2,1H3,(H,23,29)(H,27,28). The number of carboxylic acid groups (broad SMARTS) is 1. The van der Waals surface area contributed by atoms with Crippen LogP contribution in [0.15, 0.2) is 35.3 Å². The maximum Gasteiger partial charge on any atom is 0.328 e. The molecule has 1 aromatic carbocycles. The van der Waals surface area contributed by atoms with Crippen molar-refractivity contribution < 1.29 is 19.4 Å². The Bertz CT molecular complexity index is 1110. The highest BCUT2D eigenvalue weighted by molar-refractivity contribution is 5.73. The number of imidazole rings is 1. The number of H-pyrrole nitrogens is 1. The summed E-state index contributed by atoms with van der Waals surface area (Å²) in [6.45, 7) is 2.46. The number of nitrogens with zero attached hydrogens (tertiary/aromatic N) is 4. The van der Waals surface area contributed by atoms with E-state index in [9.17, 15) is 14.7 Å². The fraction of sp³-hybridized carbons (Fsp3) is 0.429. The number of aromatic nitrogens is 4. The fourth-order valence-electron chi connectivity index (χ4n) is 3.82. The summed E-state index contributed by atoms with van der Waals surface area (Å²) in [5, 5.41) is 9.34. The number of aromatic amines is 1. The summed E-state index contributed by atoms with van der Waals surface area (Å²) in [5.41, 5.74) is 2.71. The first kappa shape index (κ1) is 21.0. The van der Waals surface area contributed by atoms with E-state index in [-0.39, 0.29) is 11.7 Å². The highest BCUT2D eigenvalue weighted by Gasteiger charge is 2.30. The Labute approximate surface area is 178 Å². The second-order valence-corrected chi connectivity index (χ2v) is 7.53. The van der Waals surface area contributed by atoms with E-state index in [4.69, 9.17) is 9.47 Å². The van der Waals surface area contributed by atoms with Crippen molar-refractivity contribution in [2.24, 2.45) is 0 Å². The van der Waals surface area contributed by atoms with E-state index in [1.165, 1.54) is 10.8 Å². The van der Waals surface area contributed by atoms with Crippen LogP contribution in [0.1, 0.15) is 24.0 Å². The monoisotopic (exact) mass is 427 g/mol. The molecule has 1 unspecified atom stereocenters. The average Bonchev–Trinajstić information content (AvgIpc) is 3.34. The number of fused-ring (bicyclic) bond motifs is 1. The minimum Gasteiger partial charge on any atom is -0.480 e. The van der Waals surface area contributed by atoms with E-state index in [0.717, 1.165) is 24.1 Å². The normalized spacial score (nSPS) is 16.7. The molecule has 1 aliphatic rings. The van der Waals surface area contributed by atoms with Crippen molar-refractivity contribution in [3.8, 4) is 6.01 Å². The van der Waals surface area contributed by atoms with Crippen LogP contribution in [0.4, 0.5) is 0 Å². The zero-order chi connectivity index (χ0) is 21.8. The lowest BCUT2D eigenvalue weighted by molar-refractivity contribution is -0.142. The second kappa shape index (κ2) is 9.27. The molecule has 0 radical (unpaired) electrons. The van der Waals surface area contributed by atoms with Gasteiger partial charge in [-0.1, -0.05) is 24.3 Å². The molecule has 4 rings (SSSR count). The van der Waals surface area contributed by atoms with Crippen molar-refractivity contribution in [2.45, 2.75) is 32.0 Å². The third-order valence-corrected chi connectivity index (χ3v) is 5.41. The maximum atomic E-state index is 12.4. The Kier molecular flexibility index (Phi) is 6.28. The smallest absolute Gasteiger partial charge is 0.328 e. The van der Waals surface area contributed by atoms with Gasteiger partial charge >= 0.3 is 17.7 Å². The molecule has 2 aromatic heterocycles. The molecule has 3 aromatic rings. The highest BCUT2D eigenvalue weighted by Crippen LogP contribution is 2.21. The second-order valence-electron chi connectivity index (χ2n) is 7.53. The van der Waals surface area contributed by atoms with E-state index in [1.807, 2.05) is 29.2 Å².